The Labute approximate surface area is 154 Å². The minimum absolute atomic E-state index is 0. The van der Waals surface area contributed by atoms with Gasteiger partial charge in [-0.15, -0.1) is 12.4 Å². The summed E-state index contributed by atoms with van der Waals surface area (Å²) in [5, 5.41) is 3.47. The standard InChI is InChI=1S/C18H36N4O.ClH/c1-16(2)22-11-12-23-18(15-22)14-21-9-7-20(8-10-21)13-17-3-5-19-6-4-17;/h16-19H,3-15H2,1-2H3;1H. The van der Waals surface area contributed by atoms with Crippen molar-refractivity contribution in [2.24, 2.45) is 5.92 Å². The minimum atomic E-state index is 0. The predicted octanol–water partition coefficient (Wildman–Crippen LogP) is 1.13. The van der Waals surface area contributed by atoms with Crippen LogP contribution in [0, 0.1) is 5.92 Å². The zero-order chi connectivity index (χ0) is 16.1. The van der Waals surface area contributed by atoms with Crippen molar-refractivity contribution in [3.05, 3.63) is 0 Å². The van der Waals surface area contributed by atoms with E-state index in [1.807, 2.05) is 0 Å². The molecule has 5 nitrogen and oxygen atoms in total. The van der Waals surface area contributed by atoms with Crippen molar-refractivity contribution in [3.63, 3.8) is 0 Å². The largest absolute Gasteiger partial charge is 0.374 e. The van der Waals surface area contributed by atoms with Crippen LogP contribution in [0.3, 0.4) is 0 Å². The first-order valence-electron chi connectivity index (χ1n) is 9.72. The lowest BCUT2D eigenvalue weighted by Gasteiger charge is -2.41. The molecule has 0 aromatic carbocycles. The second-order valence-electron chi connectivity index (χ2n) is 7.88. The maximum absolute atomic E-state index is 6.01. The second-order valence-corrected chi connectivity index (χ2v) is 7.88. The third-order valence-electron chi connectivity index (χ3n) is 5.80. The van der Waals surface area contributed by atoms with E-state index in [0.29, 0.717) is 12.1 Å². The van der Waals surface area contributed by atoms with Crippen LogP contribution in [0.2, 0.25) is 0 Å². The summed E-state index contributed by atoms with van der Waals surface area (Å²) in [6.07, 6.45) is 3.13. The monoisotopic (exact) mass is 360 g/mol. The number of nitrogens with one attached hydrogen (secondary N) is 1. The van der Waals surface area contributed by atoms with Crippen LogP contribution in [-0.4, -0.2) is 98.9 Å². The van der Waals surface area contributed by atoms with Crippen molar-refractivity contribution in [2.45, 2.75) is 38.8 Å². The topological polar surface area (TPSA) is 31.0 Å². The van der Waals surface area contributed by atoms with Gasteiger partial charge in [-0.25, -0.2) is 0 Å². The average molecular weight is 361 g/mol. The molecule has 3 fully saturated rings. The van der Waals surface area contributed by atoms with Crippen LogP contribution in [0.1, 0.15) is 26.7 Å². The summed E-state index contributed by atoms with van der Waals surface area (Å²) in [7, 11) is 0. The van der Waals surface area contributed by atoms with Gasteiger partial charge in [-0.05, 0) is 45.7 Å². The molecule has 0 saturated carbocycles. The lowest BCUT2D eigenvalue weighted by atomic mass is 9.97. The highest BCUT2D eigenvalue weighted by molar-refractivity contribution is 5.85. The SMILES string of the molecule is CC(C)N1CCOC(CN2CCN(CC3CCNCC3)CC2)C1.Cl. The summed E-state index contributed by atoms with van der Waals surface area (Å²) in [6, 6.07) is 0.642. The van der Waals surface area contributed by atoms with Gasteiger partial charge in [-0.1, -0.05) is 0 Å². The smallest absolute Gasteiger partial charge is 0.0829 e. The van der Waals surface area contributed by atoms with Crippen molar-refractivity contribution in [1.82, 2.24) is 20.0 Å². The van der Waals surface area contributed by atoms with Crippen molar-refractivity contribution < 1.29 is 4.74 Å². The fraction of sp³-hybridized carbons (Fsp3) is 1.00. The van der Waals surface area contributed by atoms with Gasteiger partial charge in [0, 0.05) is 58.4 Å². The molecule has 3 saturated heterocycles. The molecule has 0 aromatic rings. The molecule has 3 aliphatic rings. The Morgan fingerprint density at radius 1 is 0.958 bits per heavy atom. The van der Waals surface area contributed by atoms with E-state index in [4.69, 9.17) is 4.74 Å². The molecule has 6 heteroatoms. The first-order valence-corrected chi connectivity index (χ1v) is 9.72. The lowest BCUT2D eigenvalue weighted by molar-refractivity contribution is -0.0567. The number of piperidine rings is 1. The number of ether oxygens (including phenoxy) is 1. The van der Waals surface area contributed by atoms with Gasteiger partial charge in [0.05, 0.1) is 12.7 Å². The van der Waals surface area contributed by atoms with E-state index >= 15 is 0 Å². The van der Waals surface area contributed by atoms with Crippen LogP contribution in [0.25, 0.3) is 0 Å². The number of hydrogen-bond acceptors (Lipinski definition) is 5. The molecule has 3 heterocycles. The Kier molecular flexibility index (Phi) is 8.75. The van der Waals surface area contributed by atoms with Crippen LogP contribution in [0.5, 0.6) is 0 Å². The zero-order valence-electron chi connectivity index (χ0n) is 15.6. The van der Waals surface area contributed by atoms with Gasteiger partial charge in [0.2, 0.25) is 0 Å². The van der Waals surface area contributed by atoms with E-state index in [1.54, 1.807) is 0 Å². The van der Waals surface area contributed by atoms with E-state index in [9.17, 15) is 0 Å². The molecule has 0 spiro atoms. The van der Waals surface area contributed by atoms with Gasteiger partial charge < -0.3 is 15.0 Å². The molecule has 3 rings (SSSR count). The van der Waals surface area contributed by atoms with Crippen LogP contribution < -0.4 is 5.32 Å². The molecule has 0 amide bonds. The fourth-order valence-corrected chi connectivity index (χ4v) is 4.19. The molecule has 1 unspecified atom stereocenters. The number of rotatable bonds is 5. The normalized spacial score (nSPS) is 28.9. The van der Waals surface area contributed by atoms with Crippen molar-refractivity contribution in [1.29, 1.82) is 0 Å². The van der Waals surface area contributed by atoms with Gasteiger partial charge in [-0.2, -0.15) is 0 Å². The minimum Gasteiger partial charge on any atom is -0.374 e. The molecule has 142 valence electrons. The molecule has 1 atom stereocenters. The predicted molar refractivity (Wildman–Crippen MR) is 102 cm³/mol. The molecule has 24 heavy (non-hydrogen) atoms. The first-order chi connectivity index (χ1) is 11.2. The van der Waals surface area contributed by atoms with Gasteiger partial charge >= 0.3 is 0 Å². The second kappa shape index (κ2) is 10.3. The Morgan fingerprint density at radius 3 is 2.21 bits per heavy atom. The quantitative estimate of drug-likeness (QED) is 0.794. The molecule has 3 aliphatic heterocycles. The van der Waals surface area contributed by atoms with Gasteiger partial charge in [-0.3, -0.25) is 9.80 Å². The summed E-state index contributed by atoms with van der Waals surface area (Å²) in [5.74, 6) is 0.920. The summed E-state index contributed by atoms with van der Waals surface area (Å²) < 4.78 is 6.01. The van der Waals surface area contributed by atoms with E-state index in [-0.39, 0.29) is 12.4 Å². The highest BCUT2D eigenvalue weighted by Crippen LogP contribution is 2.16. The fourth-order valence-electron chi connectivity index (χ4n) is 4.19. The van der Waals surface area contributed by atoms with Crippen LogP contribution in [-0.2, 0) is 4.74 Å². The summed E-state index contributed by atoms with van der Waals surface area (Å²) in [6.45, 7) is 17.5. The molecule has 0 bridgehead atoms. The van der Waals surface area contributed by atoms with Crippen molar-refractivity contribution >= 4 is 12.4 Å². The van der Waals surface area contributed by atoms with E-state index in [1.165, 1.54) is 58.7 Å². The molecule has 1 N–H and O–H groups in total. The summed E-state index contributed by atoms with van der Waals surface area (Å²) in [4.78, 5) is 7.86. The molecule has 0 radical (unpaired) electrons. The summed E-state index contributed by atoms with van der Waals surface area (Å²) >= 11 is 0. The number of hydrogen-bond donors (Lipinski definition) is 1. The molecule has 0 aliphatic carbocycles. The van der Waals surface area contributed by atoms with Crippen LogP contribution >= 0.6 is 12.4 Å². The Bertz CT molecular complexity index is 344. The van der Waals surface area contributed by atoms with E-state index in [2.05, 4.69) is 33.9 Å². The third kappa shape index (κ3) is 6.11. The van der Waals surface area contributed by atoms with Crippen LogP contribution in [0.4, 0.5) is 0 Å². The number of morpholine rings is 1. The number of piperazine rings is 1. The van der Waals surface area contributed by atoms with Gasteiger partial charge in [0.15, 0.2) is 0 Å². The Morgan fingerprint density at radius 2 is 1.58 bits per heavy atom. The van der Waals surface area contributed by atoms with Crippen molar-refractivity contribution in [3.8, 4) is 0 Å². The van der Waals surface area contributed by atoms with Crippen molar-refractivity contribution in [2.75, 3.05) is 72.1 Å². The lowest BCUT2D eigenvalue weighted by Crippen LogP contribution is -2.54. The molecular weight excluding hydrogens is 324 g/mol. The van der Waals surface area contributed by atoms with Gasteiger partial charge in [0.1, 0.15) is 0 Å². The maximum Gasteiger partial charge on any atom is 0.0829 e. The molecular formula is C18H37ClN4O. The Hall–Kier alpha value is 0.0900. The van der Waals surface area contributed by atoms with Gasteiger partial charge in [0.25, 0.3) is 0 Å². The Balaban J connectivity index is 0.00000208. The summed E-state index contributed by atoms with van der Waals surface area (Å²) in [5.41, 5.74) is 0. The van der Waals surface area contributed by atoms with Crippen LogP contribution in [0.15, 0.2) is 0 Å². The highest BCUT2D eigenvalue weighted by Gasteiger charge is 2.26. The first kappa shape index (κ1) is 20.4. The zero-order valence-corrected chi connectivity index (χ0v) is 16.4. The third-order valence-corrected chi connectivity index (χ3v) is 5.80. The number of halogens is 1. The molecule has 0 aromatic heterocycles. The maximum atomic E-state index is 6.01. The average Bonchev–Trinajstić information content (AvgIpc) is 2.58. The number of nitrogens with zero attached hydrogens (tertiary/aromatic N) is 3. The highest BCUT2D eigenvalue weighted by atomic mass is 35.5. The van der Waals surface area contributed by atoms with E-state index in [0.717, 1.165) is 32.2 Å². The van der Waals surface area contributed by atoms with E-state index < -0.39 is 0 Å².